The van der Waals surface area contributed by atoms with Gasteiger partial charge in [0.1, 0.15) is 6.61 Å². The van der Waals surface area contributed by atoms with Gasteiger partial charge in [-0.25, -0.2) is 4.79 Å². The van der Waals surface area contributed by atoms with Crippen molar-refractivity contribution in [1.82, 2.24) is 4.90 Å². The third kappa shape index (κ3) is 3.33. The topological polar surface area (TPSA) is 66.8 Å². The first-order valence-corrected chi connectivity index (χ1v) is 4.68. The Morgan fingerprint density at radius 1 is 1.57 bits per heavy atom. The number of carboxylic acid groups (broad SMARTS) is 1. The maximum absolute atomic E-state index is 11.0. The van der Waals surface area contributed by atoms with Crippen molar-refractivity contribution in [3.8, 4) is 0 Å². The van der Waals surface area contributed by atoms with Crippen LogP contribution in [0.2, 0.25) is 0 Å². The fraction of sp³-hybridized carbons (Fsp3) is 0.778. The molecule has 0 bridgehead atoms. The van der Waals surface area contributed by atoms with Crippen LogP contribution in [0.4, 0.5) is 0 Å². The van der Waals surface area contributed by atoms with Crippen molar-refractivity contribution in [2.75, 3.05) is 19.7 Å². The van der Waals surface area contributed by atoms with E-state index in [1.807, 2.05) is 0 Å². The first-order valence-electron chi connectivity index (χ1n) is 4.68. The molecule has 1 amide bonds. The van der Waals surface area contributed by atoms with Crippen LogP contribution in [-0.2, 0) is 14.3 Å². The third-order valence-corrected chi connectivity index (χ3v) is 2.27. The van der Waals surface area contributed by atoms with Gasteiger partial charge in [0.2, 0.25) is 5.91 Å². The second-order valence-corrected chi connectivity index (χ2v) is 3.43. The van der Waals surface area contributed by atoms with E-state index in [0.717, 1.165) is 19.4 Å². The SMILES string of the molecule is CC(=O)N1CCCC(OCC(=O)O)C1. The molecule has 5 heteroatoms. The molecule has 0 radical (unpaired) electrons. The van der Waals surface area contributed by atoms with E-state index >= 15 is 0 Å². The molecular weight excluding hydrogens is 186 g/mol. The zero-order chi connectivity index (χ0) is 10.6. The van der Waals surface area contributed by atoms with E-state index in [0.29, 0.717) is 6.54 Å². The quantitative estimate of drug-likeness (QED) is 0.703. The average molecular weight is 201 g/mol. The molecule has 1 unspecified atom stereocenters. The molecule has 1 aliphatic rings. The summed E-state index contributed by atoms with van der Waals surface area (Å²) >= 11 is 0. The number of amides is 1. The standard InChI is InChI=1S/C9H15NO4/c1-7(11)10-4-2-3-8(5-10)14-6-9(12)13/h8H,2-6H2,1H3,(H,12,13). The predicted octanol–water partition coefficient (Wildman–Crippen LogP) is 0.0985. The highest BCUT2D eigenvalue weighted by molar-refractivity contribution is 5.73. The number of nitrogens with zero attached hydrogens (tertiary/aromatic N) is 1. The molecule has 80 valence electrons. The number of hydrogen-bond acceptors (Lipinski definition) is 3. The number of ether oxygens (including phenoxy) is 1. The minimum Gasteiger partial charge on any atom is -0.480 e. The Balaban J connectivity index is 2.32. The number of aliphatic carboxylic acids is 1. The first kappa shape index (κ1) is 11.0. The van der Waals surface area contributed by atoms with Crippen molar-refractivity contribution in [2.24, 2.45) is 0 Å². The molecule has 5 nitrogen and oxygen atoms in total. The summed E-state index contributed by atoms with van der Waals surface area (Å²) in [6.07, 6.45) is 1.59. The van der Waals surface area contributed by atoms with Gasteiger partial charge in [-0.15, -0.1) is 0 Å². The summed E-state index contributed by atoms with van der Waals surface area (Å²) in [6.45, 7) is 2.50. The number of likely N-dealkylation sites (tertiary alicyclic amines) is 1. The largest absolute Gasteiger partial charge is 0.480 e. The van der Waals surface area contributed by atoms with Crippen LogP contribution in [0.25, 0.3) is 0 Å². The molecule has 0 saturated carbocycles. The molecule has 0 aromatic rings. The molecule has 1 aliphatic heterocycles. The third-order valence-electron chi connectivity index (χ3n) is 2.27. The van der Waals surface area contributed by atoms with Crippen molar-refractivity contribution in [2.45, 2.75) is 25.9 Å². The van der Waals surface area contributed by atoms with Gasteiger partial charge in [0.25, 0.3) is 0 Å². The number of carboxylic acids is 1. The van der Waals surface area contributed by atoms with Crippen LogP contribution in [0.15, 0.2) is 0 Å². The molecule has 0 aliphatic carbocycles. The summed E-state index contributed by atoms with van der Waals surface area (Å²) in [6, 6.07) is 0. The Bertz CT molecular complexity index is 229. The van der Waals surface area contributed by atoms with Crippen LogP contribution in [0, 0.1) is 0 Å². The molecule has 1 atom stereocenters. The van der Waals surface area contributed by atoms with E-state index < -0.39 is 5.97 Å². The Kier molecular flexibility index (Phi) is 3.88. The van der Waals surface area contributed by atoms with Gasteiger partial charge in [-0.1, -0.05) is 0 Å². The summed E-state index contributed by atoms with van der Waals surface area (Å²) in [5, 5.41) is 8.41. The number of hydrogen-bond donors (Lipinski definition) is 1. The summed E-state index contributed by atoms with van der Waals surface area (Å²) in [5.74, 6) is -0.946. The van der Waals surface area contributed by atoms with Crippen LogP contribution in [0.3, 0.4) is 0 Å². The average Bonchev–Trinajstić information content (AvgIpc) is 2.15. The van der Waals surface area contributed by atoms with Gasteiger partial charge in [0, 0.05) is 20.0 Å². The van der Waals surface area contributed by atoms with Crippen molar-refractivity contribution in [3.63, 3.8) is 0 Å². The maximum Gasteiger partial charge on any atom is 0.329 e. The van der Waals surface area contributed by atoms with Crippen molar-refractivity contribution >= 4 is 11.9 Å². The monoisotopic (exact) mass is 201 g/mol. The minimum atomic E-state index is -0.968. The van der Waals surface area contributed by atoms with E-state index in [-0.39, 0.29) is 18.6 Å². The number of carbonyl (C=O) groups excluding carboxylic acids is 1. The molecule has 0 aromatic heterocycles. The summed E-state index contributed by atoms with van der Waals surface area (Å²) in [7, 11) is 0. The molecule has 1 heterocycles. The van der Waals surface area contributed by atoms with E-state index in [9.17, 15) is 9.59 Å². The molecule has 14 heavy (non-hydrogen) atoms. The maximum atomic E-state index is 11.0. The van der Waals surface area contributed by atoms with Gasteiger partial charge >= 0.3 is 5.97 Å². The van der Waals surface area contributed by atoms with Crippen molar-refractivity contribution in [3.05, 3.63) is 0 Å². The molecule has 0 aromatic carbocycles. The van der Waals surface area contributed by atoms with E-state index in [4.69, 9.17) is 9.84 Å². The van der Waals surface area contributed by atoms with Crippen LogP contribution in [-0.4, -0.2) is 47.7 Å². The van der Waals surface area contributed by atoms with Crippen LogP contribution < -0.4 is 0 Å². The van der Waals surface area contributed by atoms with Crippen molar-refractivity contribution < 1.29 is 19.4 Å². The summed E-state index contributed by atoms with van der Waals surface area (Å²) in [5.41, 5.74) is 0. The highest BCUT2D eigenvalue weighted by atomic mass is 16.5. The zero-order valence-electron chi connectivity index (χ0n) is 8.23. The normalized spacial score (nSPS) is 22.1. The van der Waals surface area contributed by atoms with Gasteiger partial charge < -0.3 is 14.7 Å². The van der Waals surface area contributed by atoms with Crippen LogP contribution in [0.5, 0.6) is 0 Å². The van der Waals surface area contributed by atoms with E-state index in [2.05, 4.69) is 0 Å². The highest BCUT2D eigenvalue weighted by Gasteiger charge is 2.22. The predicted molar refractivity (Wildman–Crippen MR) is 48.9 cm³/mol. The lowest BCUT2D eigenvalue weighted by Crippen LogP contribution is -2.42. The second-order valence-electron chi connectivity index (χ2n) is 3.43. The fourth-order valence-corrected chi connectivity index (χ4v) is 1.55. The number of piperidine rings is 1. The minimum absolute atomic E-state index is 0.0219. The molecule has 1 fully saturated rings. The molecular formula is C9H15NO4. The zero-order valence-corrected chi connectivity index (χ0v) is 8.23. The summed E-state index contributed by atoms with van der Waals surface area (Å²) < 4.78 is 5.13. The lowest BCUT2D eigenvalue weighted by molar-refractivity contribution is -0.146. The second kappa shape index (κ2) is 4.95. The molecule has 1 saturated heterocycles. The van der Waals surface area contributed by atoms with Crippen LogP contribution >= 0.6 is 0 Å². The molecule has 1 N–H and O–H groups in total. The lowest BCUT2D eigenvalue weighted by atomic mass is 10.1. The smallest absolute Gasteiger partial charge is 0.329 e. The Labute approximate surface area is 82.6 Å². The van der Waals surface area contributed by atoms with Gasteiger partial charge in [-0.2, -0.15) is 0 Å². The Morgan fingerprint density at radius 2 is 2.29 bits per heavy atom. The first-order chi connectivity index (χ1) is 6.59. The van der Waals surface area contributed by atoms with E-state index in [1.165, 1.54) is 6.92 Å². The fourth-order valence-electron chi connectivity index (χ4n) is 1.55. The summed E-state index contributed by atoms with van der Waals surface area (Å²) in [4.78, 5) is 23.0. The number of rotatable bonds is 3. The van der Waals surface area contributed by atoms with E-state index in [1.54, 1.807) is 4.90 Å². The molecule has 0 spiro atoms. The van der Waals surface area contributed by atoms with Gasteiger partial charge in [-0.3, -0.25) is 4.79 Å². The van der Waals surface area contributed by atoms with Crippen molar-refractivity contribution in [1.29, 1.82) is 0 Å². The number of carbonyl (C=O) groups is 2. The van der Waals surface area contributed by atoms with Gasteiger partial charge in [-0.05, 0) is 12.8 Å². The molecule has 1 rings (SSSR count). The van der Waals surface area contributed by atoms with Crippen LogP contribution in [0.1, 0.15) is 19.8 Å². The van der Waals surface area contributed by atoms with Gasteiger partial charge in [0.05, 0.1) is 6.10 Å². The Hall–Kier alpha value is -1.10. The van der Waals surface area contributed by atoms with Gasteiger partial charge in [0.15, 0.2) is 0 Å². The lowest BCUT2D eigenvalue weighted by Gasteiger charge is -2.31. The highest BCUT2D eigenvalue weighted by Crippen LogP contribution is 2.12. The Morgan fingerprint density at radius 3 is 2.86 bits per heavy atom.